The van der Waals surface area contributed by atoms with Crippen LogP contribution in [0.4, 0.5) is 4.39 Å². The Kier molecular flexibility index (Phi) is 4.35. The molecule has 0 aliphatic carbocycles. The minimum atomic E-state index is -0.285. The molecule has 0 saturated carbocycles. The number of rotatable bonds is 4. The second-order valence-corrected chi connectivity index (χ2v) is 5.83. The molecular formula is C13H14ClFN2S. The predicted molar refractivity (Wildman–Crippen MR) is 74.2 cm³/mol. The van der Waals surface area contributed by atoms with Crippen LogP contribution in [0.1, 0.15) is 21.4 Å². The smallest absolute Gasteiger partial charge is 0.123 e. The van der Waals surface area contributed by atoms with Crippen LogP contribution in [0.3, 0.4) is 0 Å². The summed E-state index contributed by atoms with van der Waals surface area (Å²) in [5.74, 6) is 5.29. The Morgan fingerprint density at radius 2 is 2.17 bits per heavy atom. The molecule has 3 N–H and O–H groups in total. The fourth-order valence-electron chi connectivity index (χ4n) is 1.80. The first-order chi connectivity index (χ1) is 8.60. The number of halogens is 2. The van der Waals surface area contributed by atoms with Crippen molar-refractivity contribution in [3.05, 3.63) is 56.5 Å². The highest BCUT2D eigenvalue weighted by molar-refractivity contribution is 7.12. The molecule has 1 heterocycles. The number of nitrogens with one attached hydrogen (secondary N) is 1. The van der Waals surface area contributed by atoms with Crippen LogP contribution in [0.2, 0.25) is 5.02 Å². The highest BCUT2D eigenvalue weighted by atomic mass is 35.5. The van der Waals surface area contributed by atoms with Gasteiger partial charge in [0, 0.05) is 14.8 Å². The molecule has 1 aromatic carbocycles. The van der Waals surface area contributed by atoms with E-state index in [-0.39, 0.29) is 11.9 Å². The monoisotopic (exact) mass is 284 g/mol. The van der Waals surface area contributed by atoms with Crippen LogP contribution in [0.15, 0.2) is 30.3 Å². The molecule has 5 heteroatoms. The first kappa shape index (κ1) is 13.5. The molecule has 1 aromatic heterocycles. The summed E-state index contributed by atoms with van der Waals surface area (Å²) in [4.78, 5) is 2.34. The largest absolute Gasteiger partial charge is 0.271 e. The molecule has 1 unspecified atom stereocenters. The quantitative estimate of drug-likeness (QED) is 0.665. The highest BCUT2D eigenvalue weighted by Crippen LogP contribution is 2.28. The third-order valence-electron chi connectivity index (χ3n) is 2.74. The molecule has 0 spiro atoms. The third kappa shape index (κ3) is 3.09. The summed E-state index contributed by atoms with van der Waals surface area (Å²) in [6.45, 7) is 2.04. The number of hydrazine groups is 1. The van der Waals surface area contributed by atoms with E-state index >= 15 is 0 Å². The number of benzene rings is 1. The standard InChI is InChI=1S/C13H14ClFN2S/c1-8-2-5-13(18-8)12(17-16)7-9-6-10(15)3-4-11(9)14/h2-6,12,17H,7,16H2,1H3. The number of hydrogen-bond donors (Lipinski definition) is 2. The topological polar surface area (TPSA) is 38.0 Å². The molecule has 2 aromatic rings. The average molecular weight is 285 g/mol. The second-order valence-electron chi connectivity index (χ2n) is 4.11. The molecule has 0 radical (unpaired) electrons. The Bertz CT molecular complexity index is 542. The number of hydrogen-bond acceptors (Lipinski definition) is 3. The molecule has 0 aliphatic rings. The van der Waals surface area contributed by atoms with Crippen molar-refractivity contribution in [2.75, 3.05) is 0 Å². The van der Waals surface area contributed by atoms with Crippen LogP contribution in [0, 0.1) is 12.7 Å². The molecule has 96 valence electrons. The lowest BCUT2D eigenvalue weighted by atomic mass is 10.0. The molecule has 0 bridgehead atoms. The van der Waals surface area contributed by atoms with E-state index in [1.165, 1.54) is 17.0 Å². The van der Waals surface area contributed by atoms with Crippen LogP contribution >= 0.6 is 22.9 Å². The third-order valence-corrected chi connectivity index (χ3v) is 4.22. The van der Waals surface area contributed by atoms with Crippen molar-refractivity contribution in [2.45, 2.75) is 19.4 Å². The normalized spacial score (nSPS) is 12.7. The van der Waals surface area contributed by atoms with Gasteiger partial charge in [0.15, 0.2) is 0 Å². The summed E-state index contributed by atoms with van der Waals surface area (Å²) in [5.41, 5.74) is 3.51. The van der Waals surface area contributed by atoms with Crippen LogP contribution in [-0.4, -0.2) is 0 Å². The minimum Gasteiger partial charge on any atom is -0.271 e. The summed E-state index contributed by atoms with van der Waals surface area (Å²) in [6.07, 6.45) is 0.563. The second kappa shape index (κ2) is 5.80. The highest BCUT2D eigenvalue weighted by Gasteiger charge is 2.14. The molecule has 0 fully saturated rings. The summed E-state index contributed by atoms with van der Waals surface area (Å²) >= 11 is 7.73. The molecule has 2 rings (SSSR count). The number of aryl methyl sites for hydroxylation is 1. The van der Waals surface area contributed by atoms with E-state index in [1.54, 1.807) is 17.4 Å². The van der Waals surface area contributed by atoms with Gasteiger partial charge in [-0.3, -0.25) is 11.3 Å². The minimum absolute atomic E-state index is 0.0528. The fourth-order valence-corrected chi connectivity index (χ4v) is 2.93. The van der Waals surface area contributed by atoms with Crippen molar-refractivity contribution >= 4 is 22.9 Å². The zero-order chi connectivity index (χ0) is 13.1. The van der Waals surface area contributed by atoms with Crippen molar-refractivity contribution in [3.8, 4) is 0 Å². The summed E-state index contributed by atoms with van der Waals surface area (Å²) < 4.78 is 13.2. The maximum absolute atomic E-state index is 13.2. The van der Waals surface area contributed by atoms with E-state index in [0.29, 0.717) is 11.4 Å². The predicted octanol–water partition coefficient (Wildman–Crippen LogP) is 3.60. The lowest BCUT2D eigenvalue weighted by Gasteiger charge is -2.15. The first-order valence-electron chi connectivity index (χ1n) is 5.56. The molecule has 0 amide bonds. The maximum atomic E-state index is 13.2. The van der Waals surface area contributed by atoms with Gasteiger partial charge in [-0.05, 0) is 49.2 Å². The number of nitrogens with two attached hydrogens (primary N) is 1. The Morgan fingerprint density at radius 3 is 2.78 bits per heavy atom. The van der Waals surface area contributed by atoms with Gasteiger partial charge < -0.3 is 0 Å². The molecule has 18 heavy (non-hydrogen) atoms. The summed E-state index contributed by atoms with van der Waals surface area (Å²) in [7, 11) is 0. The summed E-state index contributed by atoms with van der Waals surface area (Å²) in [6, 6.07) is 8.39. The Labute approximate surface area is 115 Å². The first-order valence-corrected chi connectivity index (χ1v) is 6.76. The van der Waals surface area contributed by atoms with Crippen molar-refractivity contribution < 1.29 is 4.39 Å². The van der Waals surface area contributed by atoms with Crippen molar-refractivity contribution in [3.63, 3.8) is 0 Å². The van der Waals surface area contributed by atoms with Gasteiger partial charge in [-0.25, -0.2) is 4.39 Å². The summed E-state index contributed by atoms with van der Waals surface area (Å²) in [5, 5.41) is 0.560. The van der Waals surface area contributed by atoms with Gasteiger partial charge in [0.2, 0.25) is 0 Å². The SMILES string of the molecule is Cc1ccc(C(Cc2cc(F)ccc2Cl)NN)s1. The van der Waals surface area contributed by atoms with E-state index in [1.807, 2.05) is 19.1 Å². The lowest BCUT2D eigenvalue weighted by molar-refractivity contribution is 0.557. The van der Waals surface area contributed by atoms with Crippen molar-refractivity contribution in [1.82, 2.24) is 5.43 Å². The molecule has 2 nitrogen and oxygen atoms in total. The van der Waals surface area contributed by atoms with Crippen LogP contribution < -0.4 is 11.3 Å². The Balaban J connectivity index is 2.22. The van der Waals surface area contributed by atoms with E-state index < -0.39 is 0 Å². The van der Waals surface area contributed by atoms with Crippen LogP contribution in [0.5, 0.6) is 0 Å². The van der Waals surface area contributed by atoms with Gasteiger partial charge in [-0.1, -0.05) is 11.6 Å². The Hall–Kier alpha value is -0.940. The van der Waals surface area contributed by atoms with Crippen LogP contribution in [-0.2, 0) is 6.42 Å². The number of thiophene rings is 1. The van der Waals surface area contributed by atoms with E-state index in [4.69, 9.17) is 17.4 Å². The average Bonchev–Trinajstić information content (AvgIpc) is 2.77. The van der Waals surface area contributed by atoms with Crippen molar-refractivity contribution in [1.29, 1.82) is 0 Å². The molecule has 1 atom stereocenters. The van der Waals surface area contributed by atoms with Gasteiger partial charge in [0.25, 0.3) is 0 Å². The van der Waals surface area contributed by atoms with Gasteiger partial charge in [0.05, 0.1) is 6.04 Å². The molecular weight excluding hydrogens is 271 g/mol. The van der Waals surface area contributed by atoms with Gasteiger partial charge in [0.1, 0.15) is 5.82 Å². The van der Waals surface area contributed by atoms with E-state index in [2.05, 4.69) is 5.43 Å². The zero-order valence-corrected chi connectivity index (χ0v) is 11.5. The van der Waals surface area contributed by atoms with E-state index in [0.717, 1.165) is 10.4 Å². The molecule has 0 aliphatic heterocycles. The molecule has 0 saturated heterocycles. The fraction of sp³-hybridized carbons (Fsp3) is 0.231. The van der Waals surface area contributed by atoms with Gasteiger partial charge >= 0.3 is 0 Å². The van der Waals surface area contributed by atoms with Gasteiger partial charge in [-0.15, -0.1) is 11.3 Å². The van der Waals surface area contributed by atoms with Crippen LogP contribution in [0.25, 0.3) is 0 Å². The lowest BCUT2D eigenvalue weighted by Crippen LogP contribution is -2.29. The Morgan fingerprint density at radius 1 is 1.39 bits per heavy atom. The zero-order valence-electron chi connectivity index (χ0n) is 9.91. The van der Waals surface area contributed by atoms with E-state index in [9.17, 15) is 4.39 Å². The van der Waals surface area contributed by atoms with Gasteiger partial charge in [-0.2, -0.15) is 0 Å². The van der Waals surface area contributed by atoms with Crippen molar-refractivity contribution in [2.24, 2.45) is 5.84 Å². The maximum Gasteiger partial charge on any atom is 0.123 e.